The number of nitrogens with two attached hydrogens (primary N) is 1. The Morgan fingerprint density at radius 2 is 2.45 bits per heavy atom. The summed E-state index contributed by atoms with van der Waals surface area (Å²) in [6.07, 6.45) is 0.564. The number of rotatable bonds is 1. The summed E-state index contributed by atoms with van der Waals surface area (Å²) in [5.41, 5.74) is 1.97. The van der Waals surface area contributed by atoms with E-state index in [9.17, 15) is 9.59 Å². The van der Waals surface area contributed by atoms with Crippen LogP contribution in [0.15, 0.2) is 0 Å². The molecule has 0 aromatic heterocycles. The Morgan fingerprint density at radius 3 is 3.00 bits per heavy atom. The van der Waals surface area contributed by atoms with Crippen LogP contribution in [0.25, 0.3) is 0 Å². The van der Waals surface area contributed by atoms with Crippen molar-refractivity contribution < 1.29 is 9.59 Å². The van der Waals surface area contributed by atoms with E-state index in [1.807, 2.05) is 5.43 Å². The van der Waals surface area contributed by atoms with Crippen LogP contribution in [0, 0.1) is 0 Å². The zero-order valence-electron chi connectivity index (χ0n) is 5.89. The van der Waals surface area contributed by atoms with E-state index in [-0.39, 0.29) is 11.9 Å². The third-order valence-corrected chi connectivity index (χ3v) is 1.48. The average molecular weight is 158 g/mol. The standard InChI is InChI=1S/C5H10N4O2/c6-9-4(10)3-1-2-7-5(11)8-3/h3H,1-2,6H2,(H,9,10)(H2,7,8,11). The predicted molar refractivity (Wildman–Crippen MR) is 37.3 cm³/mol. The molecule has 3 amide bonds. The average Bonchev–Trinajstić information content (AvgIpc) is 2.03. The molecule has 5 N–H and O–H groups in total. The SMILES string of the molecule is NNC(=O)C1CCNC(=O)N1. The molecule has 1 aliphatic rings. The van der Waals surface area contributed by atoms with Crippen molar-refractivity contribution in [3.05, 3.63) is 0 Å². The van der Waals surface area contributed by atoms with E-state index in [1.165, 1.54) is 0 Å². The fourth-order valence-electron chi connectivity index (χ4n) is 0.909. The lowest BCUT2D eigenvalue weighted by Gasteiger charge is -2.22. The molecule has 1 fully saturated rings. The molecule has 0 aromatic rings. The van der Waals surface area contributed by atoms with E-state index in [1.54, 1.807) is 0 Å². The summed E-state index contributed by atoms with van der Waals surface area (Å²) in [5.74, 6) is 4.52. The van der Waals surface area contributed by atoms with E-state index < -0.39 is 6.04 Å². The van der Waals surface area contributed by atoms with E-state index in [2.05, 4.69) is 10.6 Å². The highest BCUT2D eigenvalue weighted by Gasteiger charge is 2.22. The number of carbonyl (C=O) groups excluding carboxylic acids is 2. The predicted octanol–water partition coefficient (Wildman–Crippen LogP) is -1.95. The summed E-state index contributed by atoms with van der Waals surface area (Å²) >= 11 is 0. The maximum Gasteiger partial charge on any atom is 0.315 e. The molecule has 6 nitrogen and oxygen atoms in total. The highest BCUT2D eigenvalue weighted by molar-refractivity contribution is 5.87. The van der Waals surface area contributed by atoms with Gasteiger partial charge in [-0.2, -0.15) is 0 Å². The molecule has 6 heteroatoms. The van der Waals surface area contributed by atoms with Crippen molar-refractivity contribution in [3.8, 4) is 0 Å². The minimum atomic E-state index is -0.492. The summed E-state index contributed by atoms with van der Waals surface area (Å²) in [7, 11) is 0. The van der Waals surface area contributed by atoms with E-state index >= 15 is 0 Å². The van der Waals surface area contributed by atoms with Crippen LogP contribution in [0.4, 0.5) is 4.79 Å². The molecule has 11 heavy (non-hydrogen) atoms. The normalized spacial score (nSPS) is 23.4. The fourth-order valence-corrected chi connectivity index (χ4v) is 0.909. The van der Waals surface area contributed by atoms with Crippen LogP contribution in [-0.2, 0) is 4.79 Å². The summed E-state index contributed by atoms with van der Waals surface area (Å²) in [6, 6.07) is -0.821. The third-order valence-electron chi connectivity index (χ3n) is 1.48. The first kappa shape index (κ1) is 7.80. The maximum atomic E-state index is 10.8. The Balaban J connectivity index is 2.45. The lowest BCUT2D eigenvalue weighted by atomic mass is 10.2. The third kappa shape index (κ3) is 1.81. The summed E-state index contributed by atoms with van der Waals surface area (Å²) in [5, 5.41) is 4.95. The first-order chi connectivity index (χ1) is 5.24. The number of hydrazine groups is 1. The van der Waals surface area contributed by atoms with Crippen molar-refractivity contribution in [2.75, 3.05) is 6.54 Å². The highest BCUT2D eigenvalue weighted by Crippen LogP contribution is 1.94. The molecule has 0 saturated carbocycles. The molecule has 0 aromatic carbocycles. The molecule has 1 aliphatic heterocycles. The lowest BCUT2D eigenvalue weighted by Crippen LogP contribution is -2.56. The van der Waals surface area contributed by atoms with E-state index in [0.29, 0.717) is 13.0 Å². The lowest BCUT2D eigenvalue weighted by molar-refractivity contribution is -0.123. The van der Waals surface area contributed by atoms with Crippen LogP contribution in [-0.4, -0.2) is 24.5 Å². The van der Waals surface area contributed by atoms with Crippen LogP contribution in [0.5, 0.6) is 0 Å². The second kappa shape index (κ2) is 3.20. The molecule has 1 saturated heterocycles. The zero-order valence-corrected chi connectivity index (χ0v) is 5.89. The van der Waals surface area contributed by atoms with Crippen LogP contribution in [0.3, 0.4) is 0 Å². The number of carbonyl (C=O) groups is 2. The van der Waals surface area contributed by atoms with Crippen molar-refractivity contribution in [1.82, 2.24) is 16.1 Å². The van der Waals surface area contributed by atoms with E-state index in [4.69, 9.17) is 5.84 Å². The van der Waals surface area contributed by atoms with Crippen molar-refractivity contribution in [2.24, 2.45) is 5.84 Å². The second-order valence-corrected chi connectivity index (χ2v) is 2.25. The Hall–Kier alpha value is -1.30. The topological polar surface area (TPSA) is 96.2 Å². The first-order valence-electron chi connectivity index (χ1n) is 3.29. The molecule has 1 unspecified atom stereocenters. The number of hydrogen-bond acceptors (Lipinski definition) is 3. The second-order valence-electron chi connectivity index (χ2n) is 2.25. The zero-order chi connectivity index (χ0) is 8.27. The number of urea groups is 1. The van der Waals surface area contributed by atoms with Gasteiger partial charge in [-0.05, 0) is 6.42 Å². The molecule has 0 aliphatic carbocycles. The molecule has 1 atom stereocenters. The van der Waals surface area contributed by atoms with Crippen LogP contribution >= 0.6 is 0 Å². The van der Waals surface area contributed by atoms with Gasteiger partial charge in [-0.1, -0.05) is 0 Å². The molecule has 0 spiro atoms. The van der Waals surface area contributed by atoms with Crippen molar-refractivity contribution in [1.29, 1.82) is 0 Å². The van der Waals surface area contributed by atoms with Crippen molar-refractivity contribution in [2.45, 2.75) is 12.5 Å². The van der Waals surface area contributed by atoms with Gasteiger partial charge in [0.15, 0.2) is 0 Å². The molecular weight excluding hydrogens is 148 g/mol. The molecular formula is C5H10N4O2. The van der Waals surface area contributed by atoms with Gasteiger partial charge in [0, 0.05) is 6.54 Å². The summed E-state index contributed by atoms with van der Waals surface area (Å²) in [4.78, 5) is 21.5. The number of hydrogen-bond donors (Lipinski definition) is 4. The van der Waals surface area contributed by atoms with Crippen molar-refractivity contribution >= 4 is 11.9 Å². The molecule has 1 heterocycles. The van der Waals surface area contributed by atoms with Gasteiger partial charge in [-0.15, -0.1) is 0 Å². The number of nitrogens with one attached hydrogen (secondary N) is 3. The molecule has 1 rings (SSSR count). The summed E-state index contributed by atoms with van der Waals surface area (Å²) < 4.78 is 0. The van der Waals surface area contributed by atoms with Crippen LogP contribution < -0.4 is 21.9 Å². The Labute approximate surface area is 63.5 Å². The summed E-state index contributed by atoms with van der Waals surface area (Å²) in [6.45, 7) is 0.504. The monoisotopic (exact) mass is 158 g/mol. The maximum absolute atomic E-state index is 10.8. The van der Waals surface area contributed by atoms with Gasteiger partial charge in [0.1, 0.15) is 6.04 Å². The van der Waals surface area contributed by atoms with Gasteiger partial charge >= 0.3 is 6.03 Å². The molecule has 62 valence electrons. The van der Waals surface area contributed by atoms with Gasteiger partial charge in [-0.25, -0.2) is 10.6 Å². The highest BCUT2D eigenvalue weighted by atomic mass is 16.2. The minimum absolute atomic E-state index is 0.329. The quantitative estimate of drug-likeness (QED) is 0.203. The smallest absolute Gasteiger partial charge is 0.315 e. The largest absolute Gasteiger partial charge is 0.338 e. The molecule has 0 radical (unpaired) electrons. The van der Waals surface area contributed by atoms with Crippen LogP contribution in [0.2, 0.25) is 0 Å². The fraction of sp³-hybridized carbons (Fsp3) is 0.600. The first-order valence-corrected chi connectivity index (χ1v) is 3.29. The van der Waals surface area contributed by atoms with Gasteiger partial charge in [0.25, 0.3) is 5.91 Å². The number of amides is 3. The van der Waals surface area contributed by atoms with Gasteiger partial charge in [0.05, 0.1) is 0 Å². The van der Waals surface area contributed by atoms with Crippen LogP contribution in [0.1, 0.15) is 6.42 Å². The Kier molecular flexibility index (Phi) is 2.27. The Morgan fingerprint density at radius 1 is 1.73 bits per heavy atom. The Bertz CT molecular complexity index is 181. The van der Waals surface area contributed by atoms with Gasteiger partial charge in [0.2, 0.25) is 0 Å². The van der Waals surface area contributed by atoms with E-state index in [0.717, 1.165) is 0 Å². The minimum Gasteiger partial charge on any atom is -0.338 e. The molecule has 0 bridgehead atoms. The van der Waals surface area contributed by atoms with Gasteiger partial charge in [-0.3, -0.25) is 10.2 Å². The van der Waals surface area contributed by atoms with Gasteiger partial charge < -0.3 is 10.6 Å². The van der Waals surface area contributed by atoms with Crippen molar-refractivity contribution in [3.63, 3.8) is 0 Å².